The third-order valence-corrected chi connectivity index (χ3v) is 2.70. The Balaban J connectivity index is 1.96. The van der Waals surface area contributed by atoms with Crippen molar-refractivity contribution in [2.45, 2.75) is 26.2 Å². The number of anilines is 2. The Labute approximate surface area is 105 Å². The molecule has 0 saturated heterocycles. The van der Waals surface area contributed by atoms with Crippen molar-refractivity contribution in [3.05, 3.63) is 17.9 Å². The maximum atomic E-state index is 6.05. The summed E-state index contributed by atoms with van der Waals surface area (Å²) >= 11 is 0. The summed E-state index contributed by atoms with van der Waals surface area (Å²) in [6.07, 6.45) is 3.94. The van der Waals surface area contributed by atoms with Crippen LogP contribution in [-0.4, -0.2) is 26.5 Å². The molecule has 2 aromatic heterocycles. The van der Waals surface area contributed by atoms with Crippen molar-refractivity contribution < 1.29 is 4.52 Å². The molecule has 98 valence electrons. The first kappa shape index (κ1) is 12.4. The van der Waals surface area contributed by atoms with E-state index in [-0.39, 0.29) is 0 Å². The molecule has 0 spiro atoms. The maximum Gasteiger partial charge on any atom is 0.213 e. The Kier molecular flexibility index (Phi) is 3.81. The average Bonchev–Trinajstić information content (AvgIpc) is 2.93. The average molecular weight is 250 g/mol. The van der Waals surface area contributed by atoms with E-state index >= 15 is 0 Å². The van der Waals surface area contributed by atoms with Crippen LogP contribution in [0.3, 0.4) is 0 Å². The van der Waals surface area contributed by atoms with Gasteiger partial charge in [0.05, 0.1) is 11.4 Å². The monoisotopic (exact) mass is 250 g/mol. The summed E-state index contributed by atoms with van der Waals surface area (Å²) in [5.74, 6) is 1.53. The Bertz CT molecular complexity index is 490. The molecule has 0 aliphatic carbocycles. The highest BCUT2D eigenvalue weighted by Gasteiger charge is 2.12. The molecule has 0 unspecified atom stereocenters. The molecule has 0 radical (unpaired) electrons. The van der Waals surface area contributed by atoms with Crippen LogP contribution in [0.2, 0.25) is 0 Å². The molecule has 0 bridgehead atoms. The van der Waals surface area contributed by atoms with Gasteiger partial charge in [0, 0.05) is 20.0 Å². The van der Waals surface area contributed by atoms with Crippen LogP contribution in [0.1, 0.15) is 24.9 Å². The van der Waals surface area contributed by atoms with Gasteiger partial charge in [-0.05, 0) is 6.42 Å². The molecular formula is C11H18N6O. The van der Waals surface area contributed by atoms with Gasteiger partial charge in [-0.2, -0.15) is 10.1 Å². The quantitative estimate of drug-likeness (QED) is 0.794. The highest BCUT2D eigenvalue weighted by Crippen LogP contribution is 2.22. The molecule has 2 rings (SSSR count). The van der Waals surface area contributed by atoms with Crippen LogP contribution in [0.4, 0.5) is 11.5 Å². The lowest BCUT2D eigenvalue weighted by Gasteiger charge is -2.05. The molecule has 0 atom stereocenters. The molecular weight excluding hydrogens is 232 g/mol. The Morgan fingerprint density at radius 2 is 2.28 bits per heavy atom. The maximum absolute atomic E-state index is 6.05. The predicted octanol–water partition coefficient (Wildman–Crippen LogP) is 0.992. The summed E-state index contributed by atoms with van der Waals surface area (Å²) in [5.41, 5.74) is 7.73. The zero-order valence-corrected chi connectivity index (χ0v) is 10.7. The highest BCUT2D eigenvalue weighted by molar-refractivity contribution is 5.65. The molecule has 0 aromatic carbocycles. The van der Waals surface area contributed by atoms with Gasteiger partial charge >= 0.3 is 0 Å². The molecule has 2 heterocycles. The second-order valence-corrected chi connectivity index (χ2v) is 4.11. The third-order valence-electron chi connectivity index (χ3n) is 2.70. The van der Waals surface area contributed by atoms with E-state index < -0.39 is 0 Å². The fraction of sp³-hybridized carbons (Fsp3) is 0.545. The zero-order chi connectivity index (χ0) is 13.0. The first-order valence-corrected chi connectivity index (χ1v) is 6.02. The molecule has 0 amide bonds. The summed E-state index contributed by atoms with van der Waals surface area (Å²) in [6.45, 7) is 2.80. The van der Waals surface area contributed by atoms with Gasteiger partial charge in [0.25, 0.3) is 0 Å². The number of nitrogens with two attached hydrogens (primary N) is 1. The van der Waals surface area contributed by atoms with E-state index in [2.05, 4.69) is 32.0 Å². The molecule has 0 aliphatic heterocycles. The normalized spacial score (nSPS) is 10.8. The van der Waals surface area contributed by atoms with Crippen molar-refractivity contribution in [3.8, 4) is 0 Å². The number of aromatic nitrogens is 4. The number of hydrogen-bond donors (Lipinski definition) is 2. The lowest BCUT2D eigenvalue weighted by molar-refractivity contribution is 0.410. The summed E-state index contributed by atoms with van der Waals surface area (Å²) in [6, 6.07) is 0. The number of hydrogen-bond acceptors (Lipinski definition) is 6. The van der Waals surface area contributed by atoms with E-state index in [0.717, 1.165) is 30.0 Å². The second kappa shape index (κ2) is 5.52. The predicted molar refractivity (Wildman–Crippen MR) is 68.1 cm³/mol. The molecule has 2 aromatic rings. The minimum absolute atomic E-state index is 0.678. The van der Waals surface area contributed by atoms with Crippen molar-refractivity contribution in [2.75, 3.05) is 17.6 Å². The Hall–Kier alpha value is -2.05. The second-order valence-electron chi connectivity index (χ2n) is 4.11. The van der Waals surface area contributed by atoms with Gasteiger partial charge in [0.15, 0.2) is 5.82 Å². The first-order chi connectivity index (χ1) is 8.72. The summed E-state index contributed by atoms with van der Waals surface area (Å²) in [5, 5.41) is 11.4. The lowest BCUT2D eigenvalue weighted by atomic mass is 10.2. The minimum atomic E-state index is 0.678. The van der Waals surface area contributed by atoms with E-state index in [1.807, 2.05) is 7.05 Å². The van der Waals surface area contributed by atoms with Crippen LogP contribution in [-0.2, 0) is 19.9 Å². The summed E-state index contributed by atoms with van der Waals surface area (Å²) in [4.78, 5) is 3.96. The van der Waals surface area contributed by atoms with Gasteiger partial charge < -0.3 is 15.6 Å². The van der Waals surface area contributed by atoms with Crippen LogP contribution in [0.15, 0.2) is 10.9 Å². The van der Waals surface area contributed by atoms with Gasteiger partial charge in [-0.1, -0.05) is 18.5 Å². The number of nitrogens with one attached hydrogen (secondary N) is 1. The van der Waals surface area contributed by atoms with Crippen LogP contribution in [0.25, 0.3) is 0 Å². The minimum Gasteiger partial charge on any atom is -0.394 e. The topological polar surface area (TPSA) is 94.8 Å². The van der Waals surface area contributed by atoms with Gasteiger partial charge in [-0.15, -0.1) is 0 Å². The van der Waals surface area contributed by atoms with E-state index in [1.54, 1.807) is 4.68 Å². The Morgan fingerprint density at radius 3 is 2.94 bits per heavy atom. The van der Waals surface area contributed by atoms with Gasteiger partial charge in [0.2, 0.25) is 6.39 Å². The van der Waals surface area contributed by atoms with E-state index in [9.17, 15) is 0 Å². The van der Waals surface area contributed by atoms with Crippen molar-refractivity contribution in [1.82, 2.24) is 19.9 Å². The SMILES string of the molecule is CCCc1nn(C)c(NCCc2ncon2)c1N. The van der Waals surface area contributed by atoms with E-state index in [0.29, 0.717) is 18.8 Å². The molecule has 0 saturated carbocycles. The van der Waals surface area contributed by atoms with Crippen molar-refractivity contribution in [2.24, 2.45) is 7.05 Å². The number of aryl methyl sites for hydroxylation is 2. The molecule has 18 heavy (non-hydrogen) atoms. The largest absolute Gasteiger partial charge is 0.394 e. The molecule has 0 aliphatic rings. The Morgan fingerprint density at radius 1 is 1.44 bits per heavy atom. The zero-order valence-electron chi connectivity index (χ0n) is 10.7. The molecule has 7 heteroatoms. The highest BCUT2D eigenvalue weighted by atomic mass is 16.5. The van der Waals surface area contributed by atoms with Crippen molar-refractivity contribution >= 4 is 11.5 Å². The summed E-state index contributed by atoms with van der Waals surface area (Å²) in [7, 11) is 1.88. The van der Waals surface area contributed by atoms with Crippen LogP contribution < -0.4 is 11.1 Å². The summed E-state index contributed by atoms with van der Waals surface area (Å²) < 4.78 is 6.44. The molecule has 7 nitrogen and oxygen atoms in total. The van der Waals surface area contributed by atoms with E-state index in [4.69, 9.17) is 5.73 Å². The van der Waals surface area contributed by atoms with Crippen molar-refractivity contribution in [3.63, 3.8) is 0 Å². The standard InChI is InChI=1S/C11H18N6O/c1-3-4-8-10(12)11(17(2)15-8)13-6-5-9-14-7-18-16-9/h7,13H,3-6,12H2,1-2H3. The van der Waals surface area contributed by atoms with Crippen LogP contribution in [0.5, 0.6) is 0 Å². The van der Waals surface area contributed by atoms with Crippen LogP contribution >= 0.6 is 0 Å². The van der Waals surface area contributed by atoms with Gasteiger partial charge in [-0.3, -0.25) is 4.68 Å². The lowest BCUT2D eigenvalue weighted by Crippen LogP contribution is -2.10. The number of nitrogens with zero attached hydrogens (tertiary/aromatic N) is 4. The first-order valence-electron chi connectivity index (χ1n) is 6.02. The number of rotatable bonds is 6. The number of nitrogen functional groups attached to an aromatic ring is 1. The van der Waals surface area contributed by atoms with Gasteiger partial charge in [0.1, 0.15) is 5.82 Å². The fourth-order valence-corrected chi connectivity index (χ4v) is 1.82. The molecule has 0 fully saturated rings. The molecule has 3 N–H and O–H groups in total. The smallest absolute Gasteiger partial charge is 0.213 e. The van der Waals surface area contributed by atoms with Gasteiger partial charge in [-0.25, -0.2) is 0 Å². The fourth-order valence-electron chi connectivity index (χ4n) is 1.82. The van der Waals surface area contributed by atoms with Crippen LogP contribution in [0, 0.1) is 0 Å². The third kappa shape index (κ3) is 2.61. The van der Waals surface area contributed by atoms with E-state index in [1.165, 1.54) is 6.39 Å². The van der Waals surface area contributed by atoms with Crippen molar-refractivity contribution in [1.29, 1.82) is 0 Å².